The number of likely N-dealkylation sites (N-methyl/N-ethyl adjacent to an activating group) is 1. The van der Waals surface area contributed by atoms with Crippen molar-refractivity contribution in [1.29, 1.82) is 0 Å². The molecule has 0 amide bonds. The van der Waals surface area contributed by atoms with Crippen LogP contribution in [-0.4, -0.2) is 54.2 Å². The van der Waals surface area contributed by atoms with Gasteiger partial charge in [0, 0.05) is 54.2 Å². The van der Waals surface area contributed by atoms with Gasteiger partial charge >= 0.3 is 0 Å². The number of hydrogen-bond donors (Lipinski definition) is 1. The Morgan fingerprint density at radius 3 is 2.68 bits per heavy atom. The zero-order chi connectivity index (χ0) is 18.0. The minimum atomic E-state index is -0.372. The smallest absolute Gasteiger partial charge is 0.270 e. The van der Waals surface area contributed by atoms with Gasteiger partial charge < -0.3 is 15.0 Å². The number of aromatic nitrogens is 1. The van der Waals surface area contributed by atoms with E-state index < -0.39 is 0 Å². The fourth-order valence-corrected chi connectivity index (χ4v) is 3.40. The van der Waals surface area contributed by atoms with E-state index in [0.717, 1.165) is 54.9 Å². The third kappa shape index (κ3) is 3.57. The molecule has 25 heavy (non-hydrogen) atoms. The molecule has 7 nitrogen and oxygen atoms in total. The summed E-state index contributed by atoms with van der Waals surface area (Å²) in [5, 5.41) is 15.4. The average Bonchev–Trinajstić information content (AvgIpc) is 2.59. The standard InChI is InChI=1S/C18H24N4O3/c1-13-10-17(15-11-14(22(23)24)4-5-16(15)20-13)19-12-18(21(2)3)6-8-25-9-7-18/h4-5,10-11H,6-9,12H2,1-3H3,(H,19,20). The number of pyridine rings is 1. The van der Waals surface area contributed by atoms with Gasteiger partial charge in [0.2, 0.25) is 0 Å². The maximum Gasteiger partial charge on any atom is 0.270 e. The van der Waals surface area contributed by atoms with Crippen LogP contribution in [0.4, 0.5) is 11.4 Å². The molecule has 1 N–H and O–H groups in total. The van der Waals surface area contributed by atoms with Gasteiger partial charge in [0.15, 0.2) is 0 Å². The Hall–Kier alpha value is -2.25. The number of nitrogens with one attached hydrogen (secondary N) is 1. The molecular formula is C18H24N4O3. The van der Waals surface area contributed by atoms with Crippen molar-refractivity contribution in [3.05, 3.63) is 40.1 Å². The van der Waals surface area contributed by atoms with E-state index >= 15 is 0 Å². The van der Waals surface area contributed by atoms with Crippen molar-refractivity contribution >= 4 is 22.3 Å². The van der Waals surface area contributed by atoms with Crippen LogP contribution >= 0.6 is 0 Å². The van der Waals surface area contributed by atoms with Gasteiger partial charge in [0.1, 0.15) is 0 Å². The number of nitro benzene ring substituents is 1. The highest BCUT2D eigenvalue weighted by Gasteiger charge is 2.34. The van der Waals surface area contributed by atoms with E-state index in [4.69, 9.17) is 4.74 Å². The Balaban J connectivity index is 1.94. The van der Waals surface area contributed by atoms with Crippen molar-refractivity contribution in [2.24, 2.45) is 0 Å². The van der Waals surface area contributed by atoms with Gasteiger partial charge in [-0.05, 0) is 46.0 Å². The molecule has 0 atom stereocenters. The molecule has 2 heterocycles. The maximum absolute atomic E-state index is 11.1. The highest BCUT2D eigenvalue weighted by atomic mass is 16.6. The minimum absolute atomic E-state index is 0.0163. The number of aryl methyl sites for hydroxylation is 1. The first-order valence-electron chi connectivity index (χ1n) is 8.46. The highest BCUT2D eigenvalue weighted by molar-refractivity contribution is 5.93. The number of ether oxygens (including phenoxy) is 1. The topological polar surface area (TPSA) is 80.5 Å². The molecule has 1 aliphatic rings. The van der Waals surface area contributed by atoms with Gasteiger partial charge in [-0.15, -0.1) is 0 Å². The summed E-state index contributed by atoms with van der Waals surface area (Å²) < 4.78 is 5.52. The molecule has 2 aromatic rings. The molecule has 1 fully saturated rings. The molecular weight excluding hydrogens is 320 g/mol. The summed E-state index contributed by atoms with van der Waals surface area (Å²) in [5.74, 6) is 0. The Bertz CT molecular complexity index is 785. The lowest BCUT2D eigenvalue weighted by atomic mass is 9.88. The third-order valence-corrected chi connectivity index (χ3v) is 5.11. The number of fused-ring (bicyclic) bond motifs is 1. The normalized spacial score (nSPS) is 17.0. The van der Waals surface area contributed by atoms with Crippen LogP contribution in [0.25, 0.3) is 10.9 Å². The second-order valence-corrected chi connectivity index (χ2v) is 6.85. The molecule has 1 aromatic heterocycles. The molecule has 0 aliphatic carbocycles. The third-order valence-electron chi connectivity index (χ3n) is 5.11. The van der Waals surface area contributed by atoms with Crippen LogP contribution < -0.4 is 5.32 Å². The molecule has 3 rings (SSSR count). The molecule has 1 aliphatic heterocycles. The Labute approximate surface area is 147 Å². The van der Waals surface area contributed by atoms with Gasteiger partial charge in [-0.3, -0.25) is 15.1 Å². The first kappa shape index (κ1) is 17.6. The van der Waals surface area contributed by atoms with Gasteiger partial charge in [0.25, 0.3) is 5.69 Å². The number of anilines is 1. The average molecular weight is 344 g/mol. The van der Waals surface area contributed by atoms with Crippen LogP contribution in [0, 0.1) is 17.0 Å². The van der Waals surface area contributed by atoms with Gasteiger partial charge in [0.05, 0.1) is 10.4 Å². The predicted molar refractivity (Wildman–Crippen MR) is 98.1 cm³/mol. The Kier molecular flexibility index (Phi) is 4.87. The van der Waals surface area contributed by atoms with E-state index in [-0.39, 0.29) is 16.1 Å². The molecule has 1 saturated heterocycles. The van der Waals surface area contributed by atoms with Crippen LogP contribution in [0.2, 0.25) is 0 Å². The molecule has 0 saturated carbocycles. The fourth-order valence-electron chi connectivity index (χ4n) is 3.40. The van der Waals surface area contributed by atoms with Crippen molar-refractivity contribution in [2.45, 2.75) is 25.3 Å². The van der Waals surface area contributed by atoms with E-state index in [1.54, 1.807) is 12.1 Å². The summed E-state index contributed by atoms with van der Waals surface area (Å²) in [6, 6.07) is 6.76. The summed E-state index contributed by atoms with van der Waals surface area (Å²) in [7, 11) is 4.18. The van der Waals surface area contributed by atoms with Crippen LogP contribution in [0.5, 0.6) is 0 Å². The maximum atomic E-state index is 11.1. The van der Waals surface area contributed by atoms with Gasteiger partial charge in [-0.25, -0.2) is 0 Å². The second kappa shape index (κ2) is 6.93. The fraction of sp³-hybridized carbons (Fsp3) is 0.500. The predicted octanol–water partition coefficient (Wildman–Crippen LogP) is 2.97. The number of nitrogens with zero attached hydrogens (tertiary/aromatic N) is 3. The molecule has 0 radical (unpaired) electrons. The molecule has 7 heteroatoms. The summed E-state index contributed by atoms with van der Waals surface area (Å²) in [5.41, 5.74) is 2.63. The van der Waals surface area contributed by atoms with Crippen molar-refractivity contribution in [1.82, 2.24) is 9.88 Å². The molecule has 134 valence electrons. The van der Waals surface area contributed by atoms with Gasteiger partial charge in [-0.2, -0.15) is 0 Å². The van der Waals surface area contributed by atoms with Crippen LogP contribution in [-0.2, 0) is 4.74 Å². The number of benzene rings is 1. The molecule has 0 unspecified atom stereocenters. The van der Waals surface area contributed by atoms with Gasteiger partial charge in [-0.1, -0.05) is 0 Å². The lowest BCUT2D eigenvalue weighted by Crippen LogP contribution is -2.53. The summed E-state index contributed by atoms with van der Waals surface area (Å²) in [6.45, 7) is 4.19. The van der Waals surface area contributed by atoms with E-state index in [1.165, 1.54) is 6.07 Å². The second-order valence-electron chi connectivity index (χ2n) is 6.85. The Morgan fingerprint density at radius 1 is 1.32 bits per heavy atom. The highest BCUT2D eigenvalue weighted by Crippen LogP contribution is 2.30. The lowest BCUT2D eigenvalue weighted by molar-refractivity contribution is -0.384. The number of rotatable bonds is 5. The molecule has 1 aromatic carbocycles. The van der Waals surface area contributed by atoms with E-state index in [1.807, 2.05) is 13.0 Å². The lowest BCUT2D eigenvalue weighted by Gasteiger charge is -2.43. The van der Waals surface area contributed by atoms with Crippen LogP contribution in [0.3, 0.4) is 0 Å². The SMILES string of the molecule is Cc1cc(NCC2(N(C)C)CCOCC2)c2cc([N+](=O)[O-])ccc2n1. The van der Waals surface area contributed by atoms with E-state index in [0.29, 0.717) is 0 Å². The van der Waals surface area contributed by atoms with E-state index in [9.17, 15) is 10.1 Å². The quantitative estimate of drug-likeness (QED) is 0.663. The van der Waals surface area contributed by atoms with Crippen molar-refractivity contribution in [3.8, 4) is 0 Å². The molecule has 0 spiro atoms. The van der Waals surface area contributed by atoms with Crippen molar-refractivity contribution < 1.29 is 9.66 Å². The number of non-ortho nitro benzene ring substituents is 1. The van der Waals surface area contributed by atoms with Crippen LogP contribution in [0.15, 0.2) is 24.3 Å². The first-order valence-corrected chi connectivity index (χ1v) is 8.46. The molecule has 0 bridgehead atoms. The largest absolute Gasteiger partial charge is 0.383 e. The van der Waals surface area contributed by atoms with Crippen LogP contribution in [0.1, 0.15) is 18.5 Å². The summed E-state index contributed by atoms with van der Waals surface area (Å²) in [6.07, 6.45) is 1.91. The summed E-state index contributed by atoms with van der Waals surface area (Å²) >= 11 is 0. The zero-order valence-corrected chi connectivity index (χ0v) is 14.9. The van der Waals surface area contributed by atoms with Crippen molar-refractivity contribution in [2.75, 3.05) is 39.2 Å². The number of hydrogen-bond acceptors (Lipinski definition) is 6. The van der Waals surface area contributed by atoms with E-state index in [2.05, 4.69) is 29.3 Å². The van der Waals surface area contributed by atoms with Crippen molar-refractivity contribution in [3.63, 3.8) is 0 Å². The first-order chi connectivity index (χ1) is 11.9. The summed E-state index contributed by atoms with van der Waals surface area (Å²) in [4.78, 5) is 17.5. The minimum Gasteiger partial charge on any atom is -0.383 e. The number of nitro groups is 1. The Morgan fingerprint density at radius 2 is 2.04 bits per heavy atom. The zero-order valence-electron chi connectivity index (χ0n) is 14.9. The monoisotopic (exact) mass is 344 g/mol.